The lowest BCUT2D eigenvalue weighted by Crippen LogP contribution is -2.52. The Labute approximate surface area is 217 Å². The number of aliphatic hydroxyl groups is 1. The molecule has 0 saturated heterocycles. The van der Waals surface area contributed by atoms with E-state index < -0.39 is 18.1 Å². The number of fused-ring (bicyclic) bond motifs is 1. The van der Waals surface area contributed by atoms with Crippen LogP contribution in [0.15, 0.2) is 28.2 Å². The van der Waals surface area contributed by atoms with E-state index in [4.69, 9.17) is 20.2 Å². The lowest BCUT2D eigenvalue weighted by atomic mass is 9.76. The highest BCUT2D eigenvalue weighted by Gasteiger charge is 2.50. The van der Waals surface area contributed by atoms with Crippen LogP contribution in [-0.2, 0) is 14.9 Å². The van der Waals surface area contributed by atoms with Crippen molar-refractivity contribution in [1.29, 1.82) is 0 Å². The topological polar surface area (TPSA) is 114 Å². The molecule has 10 heteroatoms. The molecule has 0 aliphatic heterocycles. The fraction of sp³-hybridized carbons (Fsp3) is 0.593. The molecule has 0 spiro atoms. The summed E-state index contributed by atoms with van der Waals surface area (Å²) in [6.45, 7) is 13.1. The first-order valence-electron chi connectivity index (χ1n) is 12.3. The van der Waals surface area contributed by atoms with Gasteiger partial charge in [0, 0.05) is 44.6 Å². The van der Waals surface area contributed by atoms with E-state index >= 15 is 0 Å². The van der Waals surface area contributed by atoms with Crippen molar-refractivity contribution in [2.24, 2.45) is 15.7 Å². The van der Waals surface area contributed by atoms with Gasteiger partial charge in [-0.05, 0) is 55.5 Å². The van der Waals surface area contributed by atoms with E-state index in [1.54, 1.807) is 14.2 Å². The summed E-state index contributed by atoms with van der Waals surface area (Å²) in [5.41, 5.74) is 7.70. The fourth-order valence-electron chi connectivity index (χ4n) is 4.21. The predicted octanol–water partition coefficient (Wildman–Crippen LogP) is 4.54. The molecule has 1 aromatic heterocycles. The van der Waals surface area contributed by atoms with Crippen LogP contribution in [0.5, 0.6) is 0 Å². The third kappa shape index (κ3) is 6.54. The number of methoxy groups -OCH3 is 1. The van der Waals surface area contributed by atoms with Crippen LogP contribution >= 0.6 is 0 Å². The Kier molecular flexibility index (Phi) is 8.14. The highest BCUT2D eigenvalue weighted by atomic mass is 19.3. The van der Waals surface area contributed by atoms with E-state index in [-0.39, 0.29) is 35.8 Å². The van der Waals surface area contributed by atoms with Crippen LogP contribution in [0.4, 0.5) is 14.5 Å². The van der Waals surface area contributed by atoms with Gasteiger partial charge in [0.25, 0.3) is 12.4 Å². The number of ether oxygens (including phenoxy) is 2. The zero-order chi connectivity index (χ0) is 27.8. The van der Waals surface area contributed by atoms with Crippen LogP contribution in [0.1, 0.15) is 64.3 Å². The third-order valence-corrected chi connectivity index (χ3v) is 6.72. The van der Waals surface area contributed by atoms with Gasteiger partial charge in [-0.3, -0.25) is 4.99 Å². The maximum absolute atomic E-state index is 12.9. The number of amidine groups is 1. The van der Waals surface area contributed by atoms with Gasteiger partial charge in [0.05, 0.1) is 17.2 Å². The number of benzene rings is 1. The summed E-state index contributed by atoms with van der Waals surface area (Å²) in [5, 5.41) is 14.2. The molecule has 37 heavy (non-hydrogen) atoms. The molecule has 1 aliphatic rings. The molecule has 0 unspecified atom stereocenters. The number of rotatable bonds is 7. The van der Waals surface area contributed by atoms with Crippen molar-refractivity contribution in [3.63, 3.8) is 0 Å². The van der Waals surface area contributed by atoms with Crippen LogP contribution in [-0.4, -0.2) is 66.4 Å². The number of hydrogen-bond donors (Lipinski definition) is 3. The van der Waals surface area contributed by atoms with Gasteiger partial charge in [-0.2, -0.15) is 0 Å². The molecule has 1 heterocycles. The lowest BCUT2D eigenvalue weighted by Gasteiger charge is -2.40. The zero-order valence-electron chi connectivity index (χ0n) is 22.9. The molecule has 0 atom stereocenters. The van der Waals surface area contributed by atoms with E-state index in [0.717, 1.165) is 27.7 Å². The first kappa shape index (κ1) is 28.7. The normalized spacial score (nSPS) is 21.4. The molecule has 8 nitrogen and oxygen atoms in total. The number of nitrogens with zero attached hydrogens (tertiary/aromatic N) is 3. The summed E-state index contributed by atoms with van der Waals surface area (Å²) in [6, 6.07) is 5.29. The standard InChI is InChI=1S/C27H39F2N5O3/c1-15-9-20(22(31-7)37-24(30)33-17-12-27(35,13-17)23(28)29)34-21-18(15)10-16(11-19(21)25(2,3)4)32-14-26(5,6)36-8/h9-11,17,23,32,35H,12-14H2,1-8H3,(H2,30,33). The number of aliphatic imine (C=N–C) groups is 2. The minimum Gasteiger partial charge on any atom is -0.405 e. The summed E-state index contributed by atoms with van der Waals surface area (Å²) < 4.78 is 37.0. The Hall–Kier alpha value is -2.85. The predicted molar refractivity (Wildman–Crippen MR) is 144 cm³/mol. The second-order valence-corrected chi connectivity index (χ2v) is 11.4. The van der Waals surface area contributed by atoms with E-state index in [9.17, 15) is 13.9 Å². The number of alkyl halides is 2. The molecule has 0 amide bonds. The second kappa shape index (κ2) is 10.5. The smallest absolute Gasteiger partial charge is 0.289 e. The highest BCUT2D eigenvalue weighted by Crippen LogP contribution is 2.39. The Morgan fingerprint density at radius 2 is 1.89 bits per heavy atom. The monoisotopic (exact) mass is 519 g/mol. The number of aryl methyl sites for hydroxylation is 1. The summed E-state index contributed by atoms with van der Waals surface area (Å²) >= 11 is 0. The number of aromatic nitrogens is 1. The molecule has 0 bridgehead atoms. The molecule has 4 N–H and O–H groups in total. The van der Waals surface area contributed by atoms with Crippen molar-refractivity contribution in [2.75, 3.05) is 26.0 Å². The molecule has 1 aromatic carbocycles. The van der Waals surface area contributed by atoms with Crippen molar-refractivity contribution < 1.29 is 23.4 Å². The van der Waals surface area contributed by atoms with Crippen molar-refractivity contribution in [1.82, 2.24) is 4.98 Å². The maximum Gasteiger partial charge on any atom is 0.289 e. The Bertz CT molecular complexity index is 1200. The van der Waals surface area contributed by atoms with Gasteiger partial charge in [-0.15, -0.1) is 0 Å². The highest BCUT2D eigenvalue weighted by molar-refractivity contribution is 6.02. The average molecular weight is 520 g/mol. The Morgan fingerprint density at radius 3 is 2.43 bits per heavy atom. The number of nitrogens with one attached hydrogen (secondary N) is 1. The SMILES string of the molecule is CN=C(OC(N)=NC1CC(O)(C(F)F)C1)c1cc(C)c2cc(NCC(C)(C)OC)cc(C(C)(C)C)c2n1. The number of nitrogens with two attached hydrogens (primary N) is 1. The van der Waals surface area contributed by atoms with Gasteiger partial charge < -0.3 is 25.6 Å². The van der Waals surface area contributed by atoms with Crippen molar-refractivity contribution in [3.8, 4) is 0 Å². The Balaban J connectivity index is 1.93. The number of anilines is 1. The first-order valence-corrected chi connectivity index (χ1v) is 12.3. The van der Waals surface area contributed by atoms with Gasteiger partial charge in [0.2, 0.25) is 5.90 Å². The van der Waals surface area contributed by atoms with E-state index in [1.807, 2.05) is 26.8 Å². The molecule has 3 rings (SSSR count). The van der Waals surface area contributed by atoms with Gasteiger partial charge in [-0.1, -0.05) is 20.8 Å². The van der Waals surface area contributed by atoms with E-state index in [2.05, 4.69) is 48.2 Å². The lowest BCUT2D eigenvalue weighted by molar-refractivity contribution is -0.150. The number of pyridine rings is 1. The van der Waals surface area contributed by atoms with Crippen LogP contribution in [0, 0.1) is 6.92 Å². The maximum atomic E-state index is 12.9. The molecule has 1 fully saturated rings. The average Bonchev–Trinajstić information content (AvgIpc) is 2.79. The molecule has 1 aliphatic carbocycles. The first-order chi connectivity index (χ1) is 17.1. The number of halogens is 2. The molecule has 2 aromatic rings. The van der Waals surface area contributed by atoms with Gasteiger partial charge in [0.1, 0.15) is 11.3 Å². The van der Waals surface area contributed by atoms with Crippen molar-refractivity contribution in [3.05, 3.63) is 35.0 Å². The molecule has 204 valence electrons. The molecular formula is C27H39F2N5O3. The summed E-state index contributed by atoms with van der Waals surface area (Å²) in [6.07, 6.45) is -3.17. The van der Waals surface area contributed by atoms with Gasteiger partial charge >= 0.3 is 0 Å². The van der Waals surface area contributed by atoms with E-state index in [1.165, 1.54) is 0 Å². The van der Waals surface area contributed by atoms with Crippen LogP contribution in [0.2, 0.25) is 0 Å². The quantitative estimate of drug-likeness (QED) is 0.365. The van der Waals surface area contributed by atoms with Crippen LogP contribution in [0.3, 0.4) is 0 Å². The van der Waals surface area contributed by atoms with E-state index in [0.29, 0.717) is 12.2 Å². The van der Waals surface area contributed by atoms with Crippen LogP contribution < -0.4 is 11.1 Å². The molecule has 1 saturated carbocycles. The summed E-state index contributed by atoms with van der Waals surface area (Å²) in [7, 11) is 3.25. The molecule has 0 radical (unpaired) electrons. The van der Waals surface area contributed by atoms with Gasteiger partial charge in [-0.25, -0.2) is 18.8 Å². The van der Waals surface area contributed by atoms with Crippen molar-refractivity contribution >= 4 is 28.5 Å². The van der Waals surface area contributed by atoms with Gasteiger partial charge in [0.15, 0.2) is 0 Å². The zero-order valence-corrected chi connectivity index (χ0v) is 22.9. The summed E-state index contributed by atoms with van der Waals surface area (Å²) in [4.78, 5) is 13.2. The summed E-state index contributed by atoms with van der Waals surface area (Å²) in [5.74, 6) is 0.165. The fourth-order valence-corrected chi connectivity index (χ4v) is 4.21. The second-order valence-electron chi connectivity index (χ2n) is 11.4. The number of hydrogen-bond acceptors (Lipinski definition) is 7. The minimum absolute atomic E-state index is 0.165. The Morgan fingerprint density at radius 1 is 1.24 bits per heavy atom. The third-order valence-electron chi connectivity index (χ3n) is 6.72. The largest absolute Gasteiger partial charge is 0.405 e. The minimum atomic E-state index is -2.82. The van der Waals surface area contributed by atoms with Crippen molar-refractivity contribution in [2.45, 2.75) is 83.5 Å². The molecular weight excluding hydrogens is 480 g/mol. The van der Waals surface area contributed by atoms with Crippen LogP contribution in [0.25, 0.3) is 10.9 Å².